The van der Waals surface area contributed by atoms with Gasteiger partial charge in [0.05, 0.1) is 23.3 Å². The number of hydrogen-bond donors (Lipinski definition) is 2. The molecule has 0 aliphatic carbocycles. The van der Waals surface area contributed by atoms with E-state index in [2.05, 4.69) is 15.0 Å². The molecule has 0 atom stereocenters. The summed E-state index contributed by atoms with van der Waals surface area (Å²) >= 11 is 5.97. The number of carbonyl (C=O) groups excluding carboxylic acids is 1. The van der Waals surface area contributed by atoms with Crippen LogP contribution in [0.25, 0.3) is 16.7 Å². The van der Waals surface area contributed by atoms with Gasteiger partial charge in [-0.25, -0.2) is 13.4 Å². The molecule has 34 heavy (non-hydrogen) atoms. The fourth-order valence-electron chi connectivity index (χ4n) is 3.21. The molecule has 0 amide bonds. The Morgan fingerprint density at radius 1 is 1.12 bits per heavy atom. The van der Waals surface area contributed by atoms with Gasteiger partial charge in [0.25, 0.3) is 10.0 Å². The minimum atomic E-state index is -3.84. The van der Waals surface area contributed by atoms with Gasteiger partial charge in [0.15, 0.2) is 11.9 Å². The molecule has 0 aliphatic rings. The molecule has 0 radical (unpaired) electrons. The molecule has 10 heteroatoms. The van der Waals surface area contributed by atoms with Gasteiger partial charge in [-0.3, -0.25) is 9.52 Å². The molecule has 3 aromatic carbocycles. The molecule has 174 valence electrons. The van der Waals surface area contributed by atoms with Crippen LogP contribution in [0.5, 0.6) is 5.75 Å². The van der Waals surface area contributed by atoms with Crippen molar-refractivity contribution in [3.05, 3.63) is 83.3 Å². The van der Waals surface area contributed by atoms with E-state index in [1.807, 2.05) is 13.0 Å². The van der Waals surface area contributed by atoms with E-state index in [-0.39, 0.29) is 22.1 Å². The van der Waals surface area contributed by atoms with Gasteiger partial charge in [0, 0.05) is 23.0 Å². The largest absolute Gasteiger partial charge is 0.495 e. The third kappa shape index (κ3) is 5.05. The van der Waals surface area contributed by atoms with Crippen LogP contribution in [0.15, 0.2) is 76.2 Å². The molecule has 0 saturated carbocycles. The maximum atomic E-state index is 12.8. The zero-order chi connectivity index (χ0) is 24.3. The third-order valence-corrected chi connectivity index (χ3v) is 6.47. The first-order valence-corrected chi connectivity index (χ1v) is 11.9. The number of fused-ring (bicyclic) bond motifs is 1. The number of aromatic nitrogens is 1. The average Bonchev–Trinajstić information content (AvgIpc) is 3.22. The number of oxazole rings is 1. The van der Waals surface area contributed by atoms with Crippen molar-refractivity contribution in [1.29, 1.82) is 0 Å². The summed E-state index contributed by atoms with van der Waals surface area (Å²) in [6.45, 7) is 1.87. The van der Waals surface area contributed by atoms with Crippen molar-refractivity contribution in [2.45, 2.75) is 11.8 Å². The molecule has 4 rings (SSSR count). The Hall–Kier alpha value is -3.82. The number of aldehydes is 1. The van der Waals surface area contributed by atoms with Crippen molar-refractivity contribution in [3.8, 4) is 5.75 Å². The van der Waals surface area contributed by atoms with Crippen molar-refractivity contribution >= 4 is 56.0 Å². The van der Waals surface area contributed by atoms with Gasteiger partial charge in [-0.2, -0.15) is 0 Å². The standard InChI is InChI=1S/C24H20ClN3O5S/c1-15-4-3-5-18(10-15)28-34(30,31)19-7-8-20(23(12-19)32-2)26-13-16(14-29)24-27-21-11-17(25)6-9-22(21)33-24/h3-14,26,28H,1-2H3. The number of carbonyl (C=O) groups is 1. The number of ether oxygens (including phenoxy) is 1. The summed E-state index contributed by atoms with van der Waals surface area (Å²) in [6, 6.07) is 16.4. The molecule has 0 saturated heterocycles. The Bertz CT molecular complexity index is 1510. The first kappa shape index (κ1) is 23.3. The second-order valence-electron chi connectivity index (χ2n) is 7.33. The van der Waals surface area contributed by atoms with Crippen LogP contribution in [0.3, 0.4) is 0 Å². The van der Waals surface area contributed by atoms with Crippen LogP contribution >= 0.6 is 11.6 Å². The SMILES string of the molecule is COc1cc(S(=O)(=O)Nc2cccc(C)c2)ccc1NC=C(C=O)c1nc2cc(Cl)ccc2o1. The van der Waals surface area contributed by atoms with E-state index in [4.69, 9.17) is 20.8 Å². The monoisotopic (exact) mass is 497 g/mol. The van der Waals surface area contributed by atoms with Crippen LogP contribution in [-0.4, -0.2) is 26.8 Å². The van der Waals surface area contributed by atoms with E-state index in [1.54, 1.807) is 36.4 Å². The molecule has 2 N–H and O–H groups in total. The number of nitrogens with zero attached hydrogens (tertiary/aromatic N) is 1. The number of benzene rings is 3. The van der Waals surface area contributed by atoms with Crippen molar-refractivity contribution < 1.29 is 22.4 Å². The molecule has 0 fully saturated rings. The molecule has 8 nitrogen and oxygen atoms in total. The summed E-state index contributed by atoms with van der Waals surface area (Å²) < 4.78 is 39.2. The molecule has 4 aromatic rings. The number of rotatable bonds is 8. The van der Waals surface area contributed by atoms with Crippen molar-refractivity contribution in [1.82, 2.24) is 4.98 Å². The van der Waals surface area contributed by atoms with Crippen LogP contribution in [0.2, 0.25) is 5.02 Å². The molecule has 0 bridgehead atoms. The number of sulfonamides is 1. The smallest absolute Gasteiger partial charge is 0.262 e. The zero-order valence-corrected chi connectivity index (χ0v) is 19.8. The van der Waals surface area contributed by atoms with Gasteiger partial charge < -0.3 is 14.5 Å². The summed E-state index contributed by atoms with van der Waals surface area (Å²) in [5, 5.41) is 3.44. The topological polar surface area (TPSA) is 111 Å². The third-order valence-electron chi connectivity index (χ3n) is 4.86. The second kappa shape index (κ2) is 9.58. The minimum Gasteiger partial charge on any atom is -0.495 e. The molecule has 0 aliphatic heterocycles. The summed E-state index contributed by atoms with van der Waals surface area (Å²) in [7, 11) is -2.43. The van der Waals surface area contributed by atoms with E-state index in [1.165, 1.54) is 31.5 Å². The Balaban J connectivity index is 1.59. The maximum absolute atomic E-state index is 12.8. The summed E-state index contributed by atoms with van der Waals surface area (Å²) in [6.07, 6.45) is 1.99. The lowest BCUT2D eigenvalue weighted by Crippen LogP contribution is -2.13. The lowest BCUT2D eigenvalue weighted by Gasteiger charge is -2.13. The fourth-order valence-corrected chi connectivity index (χ4v) is 4.44. The quantitative estimate of drug-likeness (QED) is 0.252. The van der Waals surface area contributed by atoms with Crippen LogP contribution in [0, 0.1) is 6.92 Å². The maximum Gasteiger partial charge on any atom is 0.262 e. The van der Waals surface area contributed by atoms with E-state index >= 15 is 0 Å². The predicted octanol–water partition coefficient (Wildman–Crippen LogP) is 5.25. The van der Waals surface area contributed by atoms with E-state index in [9.17, 15) is 13.2 Å². The number of allylic oxidation sites excluding steroid dienone is 1. The number of nitrogens with one attached hydrogen (secondary N) is 2. The van der Waals surface area contributed by atoms with Crippen LogP contribution in [0.1, 0.15) is 11.5 Å². The predicted molar refractivity (Wildman–Crippen MR) is 132 cm³/mol. The molecular formula is C24H20ClN3O5S. The van der Waals surface area contributed by atoms with E-state index in [0.29, 0.717) is 33.8 Å². The van der Waals surface area contributed by atoms with Gasteiger partial charge in [-0.1, -0.05) is 23.7 Å². The highest BCUT2D eigenvalue weighted by atomic mass is 35.5. The number of anilines is 2. The van der Waals surface area contributed by atoms with Crippen molar-refractivity contribution in [3.63, 3.8) is 0 Å². The highest BCUT2D eigenvalue weighted by Gasteiger charge is 2.17. The lowest BCUT2D eigenvalue weighted by atomic mass is 10.2. The number of hydrogen-bond acceptors (Lipinski definition) is 7. The van der Waals surface area contributed by atoms with Crippen LogP contribution in [0.4, 0.5) is 11.4 Å². The lowest BCUT2D eigenvalue weighted by molar-refractivity contribution is -0.103. The van der Waals surface area contributed by atoms with Gasteiger partial charge in [-0.15, -0.1) is 0 Å². The summed E-state index contributed by atoms with van der Waals surface area (Å²) in [5.41, 5.74) is 2.98. The number of methoxy groups -OCH3 is 1. The van der Waals surface area contributed by atoms with Crippen LogP contribution < -0.4 is 14.8 Å². The summed E-state index contributed by atoms with van der Waals surface area (Å²) in [5.74, 6) is 0.373. The normalized spacial score (nSPS) is 11.9. The highest BCUT2D eigenvalue weighted by Crippen LogP contribution is 2.30. The molecule has 1 heterocycles. The fraction of sp³-hybridized carbons (Fsp3) is 0.0833. The first-order chi connectivity index (χ1) is 16.3. The average molecular weight is 498 g/mol. The molecule has 0 spiro atoms. The van der Waals surface area contributed by atoms with Crippen molar-refractivity contribution in [2.75, 3.05) is 17.1 Å². The molecule has 1 aromatic heterocycles. The van der Waals surface area contributed by atoms with E-state index in [0.717, 1.165) is 5.56 Å². The Kier molecular flexibility index (Phi) is 6.58. The Morgan fingerprint density at radius 3 is 2.68 bits per heavy atom. The van der Waals surface area contributed by atoms with Crippen LogP contribution in [-0.2, 0) is 14.8 Å². The minimum absolute atomic E-state index is 0.0202. The Morgan fingerprint density at radius 2 is 1.94 bits per heavy atom. The summed E-state index contributed by atoms with van der Waals surface area (Å²) in [4.78, 5) is 16.0. The first-order valence-electron chi connectivity index (χ1n) is 10.0. The molecule has 0 unspecified atom stereocenters. The number of halogens is 1. The zero-order valence-electron chi connectivity index (χ0n) is 18.2. The van der Waals surface area contributed by atoms with E-state index < -0.39 is 10.0 Å². The van der Waals surface area contributed by atoms with Gasteiger partial charge in [0.2, 0.25) is 5.89 Å². The Labute approximate surface area is 201 Å². The van der Waals surface area contributed by atoms with Gasteiger partial charge in [-0.05, 0) is 55.0 Å². The van der Waals surface area contributed by atoms with Crippen molar-refractivity contribution in [2.24, 2.45) is 0 Å². The van der Waals surface area contributed by atoms with Gasteiger partial charge >= 0.3 is 0 Å². The number of aryl methyl sites for hydroxylation is 1. The van der Waals surface area contributed by atoms with Gasteiger partial charge in [0.1, 0.15) is 11.3 Å². The second-order valence-corrected chi connectivity index (χ2v) is 9.45. The highest BCUT2D eigenvalue weighted by molar-refractivity contribution is 7.92. The molecular weight excluding hydrogens is 478 g/mol.